The van der Waals surface area contributed by atoms with Crippen molar-refractivity contribution < 1.29 is 0 Å². The fraction of sp³-hybridized carbons (Fsp3) is 0. The molecule has 0 spiro atoms. The molecule has 0 N–H and O–H groups in total. The third-order valence-electron chi connectivity index (χ3n) is 23.8. The van der Waals surface area contributed by atoms with Crippen molar-refractivity contribution in [3.63, 3.8) is 0 Å². The smallest absolute Gasteiger partial charge is 0 e. The van der Waals surface area contributed by atoms with Crippen LogP contribution < -0.4 is 0 Å². The first-order chi connectivity index (χ1) is 50.5. The van der Waals surface area contributed by atoms with E-state index >= 15 is 0 Å². The van der Waals surface area contributed by atoms with Gasteiger partial charge in [0.25, 0.3) is 0 Å². The van der Waals surface area contributed by atoms with Gasteiger partial charge in [-0.1, -0.05) is 0 Å². The minimum atomic E-state index is -2.50. The van der Waals surface area contributed by atoms with E-state index in [9.17, 15) is 0 Å². The summed E-state index contributed by atoms with van der Waals surface area (Å²) in [6.45, 7) is 0. The van der Waals surface area contributed by atoms with Crippen LogP contribution in [0, 0.1) is 0 Å². The van der Waals surface area contributed by atoms with Gasteiger partial charge in [0.15, 0.2) is 0 Å². The highest BCUT2D eigenvalue weighted by Crippen LogP contribution is 2.32. The fourth-order valence-electron chi connectivity index (χ4n) is 20.1. The molecule has 0 atom stereocenters. The normalized spacial score (nSPS) is 9.85. The second-order valence-electron chi connectivity index (χ2n) is 31.4. The molecule has 0 fully saturated rings. The largest absolute Gasteiger partial charge is 0.690 e. The Balaban J connectivity index is 15.7. The summed E-state index contributed by atoms with van der Waals surface area (Å²) in [5.41, 5.74) is 0. The van der Waals surface area contributed by atoms with Crippen molar-refractivity contribution in [3.8, 4) is 0 Å². The lowest BCUT2D eigenvalue weighted by Crippen LogP contribution is -3.02. The zero-order chi connectivity index (χ0) is 87.9. The molecule has 111 heavy (non-hydrogen) atoms. The molecule has 0 aliphatic carbocycles. The predicted octanol–water partition coefficient (Wildman–Crippen LogP) is -42.3. The molecule has 0 nitrogen and oxygen atoms in total. The Morgan fingerprint density at radius 1 is 0.0901 bits per heavy atom. The van der Waals surface area contributed by atoms with Gasteiger partial charge in [0, 0.05) is 474 Å². The van der Waals surface area contributed by atoms with Crippen LogP contribution in [-0.4, -0.2) is 785 Å². The summed E-state index contributed by atoms with van der Waals surface area (Å²) in [7, 11) is 406. The van der Waals surface area contributed by atoms with Gasteiger partial charge in [0.2, 0.25) is 0 Å². The monoisotopic (exact) mass is 1220 g/mol. The van der Waals surface area contributed by atoms with Crippen molar-refractivity contribution in [2.75, 3.05) is 0 Å². The Morgan fingerprint density at radius 2 is 0.144 bits per heavy atom. The average molecular weight is 1200 g/mol. The molecular formula is B111-. The maximum absolute atomic E-state index is 7.53. The van der Waals surface area contributed by atoms with Crippen LogP contribution in [0.4, 0.5) is 0 Å². The first-order valence-electron chi connectivity index (χ1n) is 36.7. The first-order valence-corrected chi connectivity index (χ1v) is 36.7. The number of hydrogen-bond acceptors (Lipinski definition) is 0. The second-order valence-corrected chi connectivity index (χ2v) is 31.4. The van der Waals surface area contributed by atoms with Crippen molar-refractivity contribution in [1.29, 1.82) is 0 Å². The van der Waals surface area contributed by atoms with Gasteiger partial charge in [-0.05, 0) is 297 Å². The molecule has 114 radical (unpaired) electrons. The highest BCUT2D eigenvalue weighted by molar-refractivity contribution is 8.45. The molecule has 0 saturated heterocycles. The van der Waals surface area contributed by atoms with Crippen LogP contribution in [0.2, 0.25) is 0 Å². The molecule has 0 aromatic heterocycles. The average Bonchev–Trinajstić information content (AvgIpc) is 0.703. The molecule has 111 heteroatoms. The maximum Gasteiger partial charge on any atom is 0 e. The van der Waals surface area contributed by atoms with Gasteiger partial charge in [-0.25, -0.2) is 0 Å². The summed E-state index contributed by atoms with van der Waals surface area (Å²) >= 11 is 0. The van der Waals surface area contributed by atoms with Crippen molar-refractivity contribution >= 4 is 785 Å². The first kappa shape index (κ1) is 118. The standard InChI is InChI=1S/B111/c1-57-85(56)99(84(54)55)106(98(82(50)51)83(52)53)110(107(100(86(58(2)3)59(4)5)87(60(6)7)61(8)9)101(88(62(10)11)63(12)13)89(64(14)15)65(16)17)111(108(102(90(66(18)19)67(20)21)91(68(22)23)69(24)25)103(92(70(26)27)71(28)29)93(72(30)31)73(32)33)109(104(94(74(34)35)75(36)37)95(76(38)39)77(40)41)105(96(78(42)43)79(44)45)97(80(46)47)81(48)49/q-1. The van der Waals surface area contributed by atoms with E-state index in [0.29, 0.717) is 0 Å². The van der Waals surface area contributed by atoms with E-state index in [0.717, 1.165) is 7.06 Å². The van der Waals surface area contributed by atoms with Crippen LogP contribution in [0.5, 0.6) is 0 Å². The molecule has 0 bridgehead atoms. The lowest BCUT2D eigenvalue weighted by atomic mass is 8.17. The van der Waals surface area contributed by atoms with Crippen molar-refractivity contribution in [2.45, 2.75) is 0 Å². The predicted molar refractivity (Wildman–Crippen MR) is 639 cm³/mol. The Hall–Kier alpha value is 7.21. The molecule has 0 aliphatic heterocycles. The third kappa shape index (κ3) is 31.8. The summed E-state index contributed by atoms with van der Waals surface area (Å²) in [5, 5.41) is 0. The van der Waals surface area contributed by atoms with Gasteiger partial charge in [-0.3, -0.25) is 7.06 Å². The molecule has 0 heterocycles. The number of hydrogen-bond donors (Lipinski definition) is 0. The zero-order valence-corrected chi connectivity index (χ0v) is 64.1. The second kappa shape index (κ2) is 54.6. The molecule has 0 amide bonds. The van der Waals surface area contributed by atoms with Gasteiger partial charge in [-0.15, -0.1) is 0 Å². The minimum Gasteiger partial charge on any atom is -0.690 e. The van der Waals surface area contributed by atoms with E-state index in [2.05, 4.69) is 0 Å². The van der Waals surface area contributed by atoms with E-state index in [1.54, 1.807) is 0 Å². The topological polar surface area (TPSA) is 0 Å². The quantitative estimate of drug-likeness (QED) is 0.0533. The highest BCUT2D eigenvalue weighted by Gasteiger charge is 2.70. The fourth-order valence-corrected chi connectivity index (χ4v) is 20.1. The van der Waals surface area contributed by atoms with Gasteiger partial charge in [-0.2, -0.15) is 0 Å². The highest BCUT2D eigenvalue weighted by atomic mass is 13.5. The van der Waals surface area contributed by atoms with Gasteiger partial charge in [0.1, 0.15) is 0 Å². The molecule has 0 aliphatic rings. The van der Waals surface area contributed by atoms with Gasteiger partial charge in [0.05, 0.1) is 0 Å². The molecule has 0 aromatic carbocycles. The van der Waals surface area contributed by atoms with Gasteiger partial charge >= 0.3 is 0 Å². The number of rotatable bonds is 54. The van der Waals surface area contributed by atoms with Crippen molar-refractivity contribution in [2.24, 2.45) is 0 Å². The van der Waals surface area contributed by atoms with Crippen molar-refractivity contribution in [1.82, 2.24) is 0 Å². The molecule has 0 saturated carbocycles. The van der Waals surface area contributed by atoms with E-state index in [-0.39, 0.29) is 0 Å². The Bertz CT molecular complexity index is 1890. The summed E-state index contributed by atoms with van der Waals surface area (Å²) < 4.78 is 0. The van der Waals surface area contributed by atoms with E-state index in [1.165, 1.54) is 0 Å². The summed E-state index contributed by atoms with van der Waals surface area (Å²) in [4.78, 5) is 0. The van der Waals surface area contributed by atoms with Crippen LogP contribution in [0.3, 0.4) is 0 Å². The third-order valence-corrected chi connectivity index (χ3v) is 23.8. The van der Waals surface area contributed by atoms with Gasteiger partial charge < -0.3 is 7.74 Å². The van der Waals surface area contributed by atoms with E-state index in [1.807, 2.05) is 0 Å². The van der Waals surface area contributed by atoms with E-state index < -0.39 is 345 Å². The summed E-state index contributed by atoms with van der Waals surface area (Å²) in [5.74, 6) is 0. The summed E-state index contributed by atoms with van der Waals surface area (Å²) in [6, 6.07) is 0. The Kier molecular flexibility index (Phi) is 58.2. The summed E-state index contributed by atoms with van der Waals surface area (Å²) in [6.07, 6.45) is -108. The maximum atomic E-state index is 7.53. The van der Waals surface area contributed by atoms with Crippen LogP contribution in [0.25, 0.3) is 0 Å². The Morgan fingerprint density at radius 3 is 0.198 bits per heavy atom. The molecule has 0 aromatic rings. The molecule has 0 unspecified atom stereocenters. The van der Waals surface area contributed by atoms with Crippen LogP contribution >= 0.6 is 0 Å². The van der Waals surface area contributed by atoms with E-state index in [4.69, 9.17) is 433 Å². The van der Waals surface area contributed by atoms with Crippen LogP contribution in [0.1, 0.15) is 0 Å². The Labute approximate surface area is 776 Å². The lowest BCUT2D eigenvalue weighted by Gasteiger charge is -2.64. The lowest BCUT2D eigenvalue weighted by molar-refractivity contribution is 3.12. The van der Waals surface area contributed by atoms with Crippen LogP contribution in [0.15, 0.2) is 0 Å². The molecule has 334 valence electrons. The molecule has 0 rings (SSSR count). The zero-order valence-electron chi connectivity index (χ0n) is 64.1. The van der Waals surface area contributed by atoms with Crippen molar-refractivity contribution in [3.05, 3.63) is 0 Å². The van der Waals surface area contributed by atoms with Crippen LogP contribution in [-0.2, 0) is 0 Å². The SMILES string of the molecule is [B]B([B])B(B([B])[B])B(B(B([B])[B])B([B])[B])B(B(B(B([B])[B])B([B])[B])B(B([B])[B])B([B])[B])B(B(B(B([B])[B])B([B])[B])B(B([B])[B])B([B])[B][B-])B(B(B(B(B([B])[B])B([B])[B])B(B([B])[B])B([B])[B])B(B(B([B])[B])B([B])[B])B(B([B])[B])B([B])[B])B(B(B(B([B])[B])B([B])[B])B(B([B])[B])B([B])[B])B(B(B([B])[B])B([B])[B])B(B([B])[B])B([B])[B]. The molecular weight excluding hydrogens is 1200 g/mol. The minimum absolute atomic E-state index is 0.933.